The summed E-state index contributed by atoms with van der Waals surface area (Å²) in [6.07, 6.45) is 0. The van der Waals surface area contributed by atoms with E-state index < -0.39 is 11.6 Å². The fourth-order valence-electron chi connectivity index (χ4n) is 1.69. The Balaban J connectivity index is 1.97. The van der Waals surface area contributed by atoms with E-state index in [1.165, 1.54) is 6.07 Å². The lowest BCUT2D eigenvalue weighted by atomic mass is 10.2. The van der Waals surface area contributed by atoms with E-state index >= 15 is 0 Å². The number of benzene rings is 2. The molecule has 0 aliphatic rings. The Morgan fingerprint density at radius 3 is 2.30 bits per heavy atom. The highest BCUT2D eigenvalue weighted by Gasteiger charge is 2.12. The van der Waals surface area contributed by atoms with Crippen LogP contribution in [0.5, 0.6) is 0 Å². The van der Waals surface area contributed by atoms with E-state index in [2.05, 4.69) is 10.1 Å². The van der Waals surface area contributed by atoms with Crippen molar-refractivity contribution in [2.24, 2.45) is 0 Å². The van der Waals surface area contributed by atoms with Crippen LogP contribution in [0.15, 0.2) is 47.0 Å². The number of hydrogen-bond acceptors (Lipinski definition) is 3. The molecule has 0 saturated heterocycles. The van der Waals surface area contributed by atoms with Gasteiger partial charge in [0.15, 0.2) is 11.6 Å². The summed E-state index contributed by atoms with van der Waals surface area (Å²) in [5.41, 5.74) is 1.03. The number of halogens is 3. The molecule has 1 heterocycles. The Kier molecular flexibility index (Phi) is 3.20. The maximum absolute atomic E-state index is 13.2. The van der Waals surface area contributed by atoms with Gasteiger partial charge in [-0.2, -0.15) is 4.98 Å². The molecule has 2 aromatic carbocycles. The number of nitrogens with zero attached hydrogens (tertiary/aromatic N) is 2. The van der Waals surface area contributed by atoms with Crippen molar-refractivity contribution in [1.29, 1.82) is 0 Å². The maximum Gasteiger partial charge on any atom is 0.258 e. The molecule has 3 rings (SSSR count). The summed E-state index contributed by atoms with van der Waals surface area (Å²) in [5.74, 6) is -1.42. The first-order chi connectivity index (χ1) is 9.63. The van der Waals surface area contributed by atoms with Crippen LogP contribution in [-0.4, -0.2) is 10.1 Å². The van der Waals surface area contributed by atoms with Crippen molar-refractivity contribution < 1.29 is 13.3 Å². The van der Waals surface area contributed by atoms with E-state index in [1.807, 2.05) is 0 Å². The topological polar surface area (TPSA) is 38.9 Å². The van der Waals surface area contributed by atoms with Crippen LogP contribution in [0.3, 0.4) is 0 Å². The van der Waals surface area contributed by atoms with Crippen molar-refractivity contribution >= 4 is 11.6 Å². The number of aromatic nitrogens is 2. The predicted molar refractivity (Wildman–Crippen MR) is 70.1 cm³/mol. The second-order valence-corrected chi connectivity index (χ2v) is 4.50. The highest BCUT2D eigenvalue weighted by Crippen LogP contribution is 2.24. The minimum atomic E-state index is -0.964. The Hall–Kier alpha value is -2.27. The molecule has 0 radical (unpaired) electrons. The summed E-state index contributed by atoms with van der Waals surface area (Å²) >= 11 is 5.79. The van der Waals surface area contributed by atoms with Gasteiger partial charge in [-0.05, 0) is 42.5 Å². The van der Waals surface area contributed by atoms with Crippen molar-refractivity contribution in [3.05, 3.63) is 59.1 Å². The highest BCUT2D eigenvalue weighted by atomic mass is 35.5. The maximum atomic E-state index is 13.2. The lowest BCUT2D eigenvalue weighted by Gasteiger charge is -1.95. The molecule has 0 aliphatic carbocycles. The fraction of sp³-hybridized carbons (Fsp3) is 0. The lowest BCUT2D eigenvalue weighted by Crippen LogP contribution is -1.85. The van der Waals surface area contributed by atoms with Crippen LogP contribution in [0, 0.1) is 11.6 Å². The molecule has 6 heteroatoms. The van der Waals surface area contributed by atoms with E-state index in [0.29, 0.717) is 22.0 Å². The zero-order valence-electron chi connectivity index (χ0n) is 9.98. The molecule has 0 aliphatic heterocycles. The third kappa shape index (κ3) is 2.40. The summed E-state index contributed by atoms with van der Waals surface area (Å²) in [4.78, 5) is 4.14. The zero-order valence-corrected chi connectivity index (χ0v) is 10.7. The van der Waals surface area contributed by atoms with Crippen LogP contribution in [0.4, 0.5) is 8.78 Å². The summed E-state index contributed by atoms with van der Waals surface area (Å²) in [6, 6.07) is 10.3. The van der Waals surface area contributed by atoms with Gasteiger partial charge in [-0.25, -0.2) is 8.78 Å². The van der Waals surface area contributed by atoms with Crippen molar-refractivity contribution in [1.82, 2.24) is 10.1 Å². The van der Waals surface area contributed by atoms with Gasteiger partial charge in [0.1, 0.15) is 0 Å². The van der Waals surface area contributed by atoms with Gasteiger partial charge < -0.3 is 4.52 Å². The first kappa shape index (κ1) is 12.7. The van der Waals surface area contributed by atoms with E-state index in [0.717, 1.165) is 12.1 Å². The first-order valence-electron chi connectivity index (χ1n) is 5.68. The van der Waals surface area contributed by atoms with Gasteiger partial charge in [0.25, 0.3) is 5.89 Å². The highest BCUT2D eigenvalue weighted by molar-refractivity contribution is 6.30. The van der Waals surface area contributed by atoms with Gasteiger partial charge in [-0.1, -0.05) is 16.8 Å². The molecule has 0 N–H and O–H groups in total. The number of rotatable bonds is 2. The van der Waals surface area contributed by atoms with Gasteiger partial charge >= 0.3 is 0 Å². The van der Waals surface area contributed by atoms with Crippen molar-refractivity contribution in [3.63, 3.8) is 0 Å². The second kappa shape index (κ2) is 5.02. The van der Waals surface area contributed by atoms with Gasteiger partial charge in [-0.3, -0.25) is 0 Å². The zero-order chi connectivity index (χ0) is 14.1. The van der Waals surface area contributed by atoms with Gasteiger partial charge in [0.05, 0.1) is 0 Å². The fourth-order valence-corrected chi connectivity index (χ4v) is 1.81. The molecule has 100 valence electrons. The third-order valence-electron chi connectivity index (χ3n) is 2.69. The van der Waals surface area contributed by atoms with Crippen molar-refractivity contribution in [3.8, 4) is 22.8 Å². The largest absolute Gasteiger partial charge is 0.334 e. The molecule has 0 spiro atoms. The van der Waals surface area contributed by atoms with Crippen LogP contribution < -0.4 is 0 Å². The Morgan fingerprint density at radius 2 is 1.60 bits per heavy atom. The van der Waals surface area contributed by atoms with E-state index in [-0.39, 0.29) is 5.89 Å². The average molecular weight is 293 g/mol. The van der Waals surface area contributed by atoms with Crippen LogP contribution >= 0.6 is 11.6 Å². The summed E-state index contributed by atoms with van der Waals surface area (Å²) in [7, 11) is 0. The molecule has 3 aromatic rings. The molecule has 0 fully saturated rings. The van der Waals surface area contributed by atoms with Crippen molar-refractivity contribution in [2.45, 2.75) is 0 Å². The average Bonchev–Trinajstić information content (AvgIpc) is 2.92. The molecule has 1 aromatic heterocycles. The van der Waals surface area contributed by atoms with Crippen LogP contribution in [0.1, 0.15) is 0 Å². The normalized spacial score (nSPS) is 10.8. The van der Waals surface area contributed by atoms with Crippen molar-refractivity contribution in [2.75, 3.05) is 0 Å². The van der Waals surface area contributed by atoms with Crippen LogP contribution in [0.2, 0.25) is 5.02 Å². The molecule has 0 bridgehead atoms. The molecule has 0 unspecified atom stereocenters. The Bertz CT molecular complexity index is 756. The molecule has 0 saturated carbocycles. The SMILES string of the molecule is Fc1ccc(-c2nc(-c3ccc(Cl)cc3)no2)cc1F. The quantitative estimate of drug-likeness (QED) is 0.705. The predicted octanol–water partition coefficient (Wildman–Crippen LogP) is 4.34. The minimum Gasteiger partial charge on any atom is -0.334 e. The smallest absolute Gasteiger partial charge is 0.258 e. The third-order valence-corrected chi connectivity index (χ3v) is 2.95. The molecular formula is C14H7ClF2N2O. The van der Waals surface area contributed by atoms with Crippen LogP contribution in [0.25, 0.3) is 22.8 Å². The second-order valence-electron chi connectivity index (χ2n) is 4.06. The standard InChI is InChI=1S/C14H7ClF2N2O/c15-10-4-1-8(2-5-10)13-18-14(20-19-13)9-3-6-11(16)12(17)7-9/h1-7H. The monoisotopic (exact) mass is 292 g/mol. The Morgan fingerprint density at radius 1 is 0.900 bits per heavy atom. The molecule has 0 amide bonds. The molecule has 3 nitrogen and oxygen atoms in total. The van der Waals surface area contributed by atoms with Gasteiger partial charge in [0, 0.05) is 16.1 Å². The Labute approximate surface area is 117 Å². The number of hydrogen-bond donors (Lipinski definition) is 0. The summed E-state index contributed by atoms with van der Waals surface area (Å²) in [5, 5.41) is 4.39. The molecule has 0 atom stereocenters. The lowest BCUT2D eigenvalue weighted by molar-refractivity contribution is 0.431. The van der Waals surface area contributed by atoms with E-state index in [9.17, 15) is 8.78 Å². The van der Waals surface area contributed by atoms with Crippen LogP contribution in [-0.2, 0) is 0 Å². The minimum absolute atomic E-state index is 0.119. The summed E-state index contributed by atoms with van der Waals surface area (Å²) < 4.78 is 31.1. The van der Waals surface area contributed by atoms with Gasteiger partial charge in [0.2, 0.25) is 5.82 Å². The van der Waals surface area contributed by atoms with Gasteiger partial charge in [-0.15, -0.1) is 0 Å². The molecular weight excluding hydrogens is 286 g/mol. The van der Waals surface area contributed by atoms with E-state index in [4.69, 9.17) is 16.1 Å². The first-order valence-corrected chi connectivity index (χ1v) is 6.06. The van der Waals surface area contributed by atoms with E-state index in [1.54, 1.807) is 24.3 Å². The summed E-state index contributed by atoms with van der Waals surface area (Å²) in [6.45, 7) is 0. The molecule has 20 heavy (non-hydrogen) atoms.